The fraction of sp³-hybridized carbons (Fsp3) is 0.500. The van der Waals surface area contributed by atoms with Gasteiger partial charge in [-0.1, -0.05) is 18.2 Å². The van der Waals surface area contributed by atoms with Crippen LogP contribution in [0.2, 0.25) is 0 Å². The number of aryl methyl sites for hydroxylation is 1. The van der Waals surface area contributed by atoms with Crippen molar-refractivity contribution < 1.29 is 9.59 Å². The predicted octanol–water partition coefficient (Wildman–Crippen LogP) is 2.30. The number of imidazole rings is 1. The lowest BCUT2D eigenvalue weighted by atomic mass is 9.83. The Hall–Kier alpha value is -2.83. The van der Waals surface area contributed by atoms with Gasteiger partial charge in [-0.25, -0.2) is 4.98 Å². The van der Waals surface area contributed by atoms with Crippen LogP contribution in [-0.2, 0) is 18.3 Å². The van der Waals surface area contributed by atoms with Crippen molar-refractivity contribution in [1.82, 2.24) is 19.4 Å². The van der Waals surface area contributed by atoms with E-state index in [4.69, 9.17) is 0 Å². The van der Waals surface area contributed by atoms with E-state index in [1.165, 1.54) is 5.56 Å². The van der Waals surface area contributed by atoms with E-state index in [1.54, 1.807) is 17.1 Å². The van der Waals surface area contributed by atoms with Crippen molar-refractivity contribution in [3.8, 4) is 0 Å². The number of hydrogen-bond acceptors (Lipinski definition) is 4. The van der Waals surface area contributed by atoms with Gasteiger partial charge < -0.3 is 19.7 Å². The number of hydrogen-bond donors (Lipinski definition) is 1. The van der Waals surface area contributed by atoms with Crippen molar-refractivity contribution in [2.24, 2.45) is 7.05 Å². The predicted molar refractivity (Wildman–Crippen MR) is 112 cm³/mol. The van der Waals surface area contributed by atoms with Crippen LogP contribution in [0.4, 0.5) is 5.69 Å². The first-order valence-corrected chi connectivity index (χ1v) is 10.4. The Balaban J connectivity index is 1.57. The Morgan fingerprint density at radius 3 is 2.66 bits per heavy atom. The number of nitrogens with zero attached hydrogens (tertiary/aromatic N) is 4. The standard InChI is InChI=1S/C22H29N5O2/c1-3-26-11-8-17-6-4-5-7-18(17)24-22(14-20(26)28)9-12-27(13-10-22)21(29)19-15-23-16-25(19)2/h4-7,15-16,24H,3,8-14H2,1-2H3. The first kappa shape index (κ1) is 19.5. The minimum atomic E-state index is -0.325. The molecule has 0 saturated carbocycles. The number of carbonyl (C=O) groups excluding carboxylic acids is 2. The quantitative estimate of drug-likeness (QED) is 0.847. The highest BCUT2D eigenvalue weighted by molar-refractivity contribution is 5.92. The SMILES string of the molecule is CCN1CCc2ccccc2NC2(CCN(C(=O)c3cncn3C)CC2)CC1=O. The summed E-state index contributed by atoms with van der Waals surface area (Å²) in [6.45, 7) is 4.76. The number of rotatable bonds is 2. The molecule has 2 aliphatic heterocycles. The van der Waals surface area contributed by atoms with Gasteiger partial charge in [0.15, 0.2) is 0 Å². The zero-order valence-electron chi connectivity index (χ0n) is 17.2. The maximum atomic E-state index is 13.0. The molecule has 2 aromatic rings. The molecule has 154 valence electrons. The second-order valence-electron chi connectivity index (χ2n) is 8.14. The molecule has 1 fully saturated rings. The van der Waals surface area contributed by atoms with Crippen molar-refractivity contribution in [2.75, 3.05) is 31.5 Å². The highest BCUT2D eigenvalue weighted by Crippen LogP contribution is 2.34. The molecule has 1 N–H and O–H groups in total. The lowest BCUT2D eigenvalue weighted by Gasteiger charge is -2.43. The number of fused-ring (bicyclic) bond motifs is 1. The van der Waals surface area contributed by atoms with Gasteiger partial charge in [0.1, 0.15) is 5.69 Å². The summed E-state index contributed by atoms with van der Waals surface area (Å²) < 4.78 is 1.75. The van der Waals surface area contributed by atoms with Gasteiger partial charge in [-0.2, -0.15) is 0 Å². The van der Waals surface area contributed by atoms with Crippen molar-refractivity contribution in [3.05, 3.63) is 48.0 Å². The Bertz CT molecular complexity index is 898. The molecule has 0 radical (unpaired) electrons. The number of amides is 2. The maximum absolute atomic E-state index is 13.0. The average Bonchev–Trinajstić information content (AvgIpc) is 3.16. The van der Waals surface area contributed by atoms with Crippen molar-refractivity contribution in [1.29, 1.82) is 0 Å². The molecule has 7 heteroatoms. The summed E-state index contributed by atoms with van der Waals surface area (Å²) in [7, 11) is 1.83. The summed E-state index contributed by atoms with van der Waals surface area (Å²) >= 11 is 0. The molecule has 2 amide bonds. The molecule has 0 unspecified atom stereocenters. The van der Waals surface area contributed by atoms with Gasteiger partial charge in [0, 0.05) is 50.9 Å². The number of piperidine rings is 1. The molecule has 1 aromatic carbocycles. The van der Waals surface area contributed by atoms with E-state index < -0.39 is 0 Å². The number of likely N-dealkylation sites (tertiary alicyclic amines) is 1. The first-order valence-electron chi connectivity index (χ1n) is 10.4. The van der Waals surface area contributed by atoms with Crippen LogP contribution in [-0.4, -0.2) is 62.9 Å². The smallest absolute Gasteiger partial charge is 0.272 e. The number of likely N-dealkylation sites (N-methyl/N-ethyl adjacent to an activating group) is 1. The summed E-state index contributed by atoms with van der Waals surface area (Å²) in [6.07, 6.45) is 6.06. The number of nitrogens with one attached hydrogen (secondary N) is 1. The molecule has 1 saturated heterocycles. The second-order valence-corrected chi connectivity index (χ2v) is 8.14. The highest BCUT2D eigenvalue weighted by Gasteiger charge is 2.40. The Morgan fingerprint density at radius 2 is 1.97 bits per heavy atom. The van der Waals surface area contributed by atoms with E-state index in [1.807, 2.05) is 29.8 Å². The summed E-state index contributed by atoms with van der Waals surface area (Å²) in [5.74, 6) is 0.198. The Labute approximate surface area is 171 Å². The summed E-state index contributed by atoms with van der Waals surface area (Å²) in [4.78, 5) is 33.8. The van der Waals surface area contributed by atoms with Crippen molar-refractivity contribution in [2.45, 2.75) is 38.1 Å². The number of carbonyl (C=O) groups is 2. The van der Waals surface area contributed by atoms with E-state index in [2.05, 4.69) is 28.5 Å². The summed E-state index contributed by atoms with van der Waals surface area (Å²) in [6, 6.07) is 8.34. The van der Waals surface area contributed by atoms with Gasteiger partial charge in [0.05, 0.1) is 12.5 Å². The third kappa shape index (κ3) is 3.86. The van der Waals surface area contributed by atoms with Crippen LogP contribution < -0.4 is 5.32 Å². The third-order valence-corrected chi connectivity index (χ3v) is 6.34. The summed E-state index contributed by atoms with van der Waals surface area (Å²) in [5.41, 5.74) is 2.63. The Morgan fingerprint density at radius 1 is 1.21 bits per heavy atom. The van der Waals surface area contributed by atoms with Crippen LogP contribution in [0.15, 0.2) is 36.8 Å². The van der Waals surface area contributed by atoms with Gasteiger partial charge in [0.25, 0.3) is 5.91 Å². The van der Waals surface area contributed by atoms with Crippen LogP contribution >= 0.6 is 0 Å². The number of benzene rings is 1. The largest absolute Gasteiger partial charge is 0.379 e. The molecule has 7 nitrogen and oxygen atoms in total. The van der Waals surface area contributed by atoms with Crippen molar-refractivity contribution >= 4 is 17.5 Å². The van der Waals surface area contributed by atoms with Gasteiger partial charge in [-0.15, -0.1) is 0 Å². The van der Waals surface area contributed by atoms with Crippen LogP contribution in [0.3, 0.4) is 0 Å². The molecule has 1 aromatic heterocycles. The molecule has 3 heterocycles. The maximum Gasteiger partial charge on any atom is 0.272 e. The van der Waals surface area contributed by atoms with E-state index >= 15 is 0 Å². The van der Waals surface area contributed by atoms with Gasteiger partial charge in [0.2, 0.25) is 5.91 Å². The summed E-state index contributed by atoms with van der Waals surface area (Å²) in [5, 5.41) is 3.73. The molecule has 2 aliphatic rings. The zero-order chi connectivity index (χ0) is 20.4. The number of para-hydroxylation sites is 1. The second kappa shape index (κ2) is 7.89. The van der Waals surface area contributed by atoms with Gasteiger partial charge in [-0.05, 0) is 37.8 Å². The zero-order valence-corrected chi connectivity index (χ0v) is 17.2. The molecule has 0 aliphatic carbocycles. The normalized spacial score (nSPS) is 19.2. The lowest BCUT2D eigenvalue weighted by Crippen LogP contribution is -2.53. The van der Waals surface area contributed by atoms with Gasteiger partial charge in [-0.3, -0.25) is 9.59 Å². The van der Waals surface area contributed by atoms with Crippen molar-refractivity contribution in [3.63, 3.8) is 0 Å². The van der Waals surface area contributed by atoms with Crippen LogP contribution in [0.25, 0.3) is 0 Å². The Kier molecular flexibility index (Phi) is 5.30. The van der Waals surface area contributed by atoms with E-state index in [-0.39, 0.29) is 17.4 Å². The molecule has 1 spiro atoms. The third-order valence-electron chi connectivity index (χ3n) is 6.34. The number of aromatic nitrogens is 2. The minimum absolute atomic E-state index is 0.00447. The molecular formula is C22H29N5O2. The molecule has 0 atom stereocenters. The van der Waals surface area contributed by atoms with Crippen LogP contribution in [0.1, 0.15) is 42.2 Å². The molecule has 29 heavy (non-hydrogen) atoms. The molecule has 4 rings (SSSR count). The lowest BCUT2D eigenvalue weighted by molar-refractivity contribution is -0.132. The van der Waals surface area contributed by atoms with Crippen LogP contribution in [0, 0.1) is 0 Å². The highest BCUT2D eigenvalue weighted by atomic mass is 16.2. The van der Waals surface area contributed by atoms with E-state index in [0.29, 0.717) is 25.2 Å². The fourth-order valence-electron chi connectivity index (χ4n) is 4.47. The molecular weight excluding hydrogens is 366 g/mol. The molecule has 0 bridgehead atoms. The van der Waals surface area contributed by atoms with Gasteiger partial charge >= 0.3 is 0 Å². The monoisotopic (exact) mass is 395 g/mol. The van der Waals surface area contributed by atoms with Crippen LogP contribution in [0.5, 0.6) is 0 Å². The first-order chi connectivity index (χ1) is 14.0. The minimum Gasteiger partial charge on any atom is -0.379 e. The van der Waals surface area contributed by atoms with E-state index in [9.17, 15) is 9.59 Å². The fourth-order valence-corrected chi connectivity index (χ4v) is 4.47. The topological polar surface area (TPSA) is 70.5 Å². The average molecular weight is 396 g/mol. The number of anilines is 1. The van der Waals surface area contributed by atoms with E-state index in [0.717, 1.165) is 38.0 Å².